The fourth-order valence-electron chi connectivity index (χ4n) is 3.55. The highest BCUT2D eigenvalue weighted by Crippen LogP contribution is 2.28. The molecule has 0 unspecified atom stereocenters. The SMILES string of the molecule is CCCc1c(C(=O)OC)cc(-c2ccccc2)n1CCN1CCOCC1. The third kappa shape index (κ3) is 4.17. The van der Waals surface area contributed by atoms with Crippen LogP contribution in [0.4, 0.5) is 0 Å². The maximum atomic E-state index is 12.3. The van der Waals surface area contributed by atoms with Crippen LogP contribution in [0.3, 0.4) is 0 Å². The number of hydrogen-bond acceptors (Lipinski definition) is 4. The van der Waals surface area contributed by atoms with Gasteiger partial charge in [0.25, 0.3) is 0 Å². The second kappa shape index (κ2) is 9.01. The van der Waals surface area contributed by atoms with Gasteiger partial charge < -0.3 is 14.0 Å². The van der Waals surface area contributed by atoms with Gasteiger partial charge in [0.1, 0.15) is 0 Å². The summed E-state index contributed by atoms with van der Waals surface area (Å²) < 4.78 is 12.8. The summed E-state index contributed by atoms with van der Waals surface area (Å²) in [5.41, 5.74) is 3.98. The summed E-state index contributed by atoms with van der Waals surface area (Å²) in [7, 11) is 1.45. The number of benzene rings is 1. The van der Waals surface area contributed by atoms with Gasteiger partial charge in [0.15, 0.2) is 0 Å². The zero-order valence-electron chi connectivity index (χ0n) is 15.7. The molecule has 5 nitrogen and oxygen atoms in total. The molecule has 2 heterocycles. The number of rotatable bonds is 7. The molecule has 1 fully saturated rings. The summed E-state index contributed by atoms with van der Waals surface area (Å²) in [6.45, 7) is 7.48. The first-order valence-electron chi connectivity index (χ1n) is 9.40. The van der Waals surface area contributed by atoms with Crippen molar-refractivity contribution < 1.29 is 14.3 Å². The highest BCUT2D eigenvalue weighted by Gasteiger charge is 2.22. The van der Waals surface area contributed by atoms with E-state index >= 15 is 0 Å². The number of hydrogen-bond donors (Lipinski definition) is 0. The van der Waals surface area contributed by atoms with Crippen LogP contribution in [0.5, 0.6) is 0 Å². The lowest BCUT2D eigenvalue weighted by atomic mass is 10.1. The van der Waals surface area contributed by atoms with Crippen molar-refractivity contribution in [3.63, 3.8) is 0 Å². The first kappa shape index (κ1) is 18.7. The summed E-state index contributed by atoms with van der Waals surface area (Å²) in [6.07, 6.45) is 1.85. The van der Waals surface area contributed by atoms with E-state index in [1.807, 2.05) is 24.3 Å². The second-order valence-electron chi connectivity index (χ2n) is 6.60. The van der Waals surface area contributed by atoms with E-state index in [1.165, 1.54) is 7.11 Å². The van der Waals surface area contributed by atoms with E-state index in [4.69, 9.17) is 9.47 Å². The monoisotopic (exact) mass is 356 g/mol. The van der Waals surface area contributed by atoms with Gasteiger partial charge in [-0.3, -0.25) is 4.90 Å². The smallest absolute Gasteiger partial charge is 0.339 e. The Morgan fingerprint density at radius 1 is 1.15 bits per heavy atom. The molecule has 0 atom stereocenters. The lowest BCUT2D eigenvalue weighted by Gasteiger charge is -2.27. The van der Waals surface area contributed by atoms with Crippen molar-refractivity contribution in [2.24, 2.45) is 0 Å². The van der Waals surface area contributed by atoms with Gasteiger partial charge in [-0.15, -0.1) is 0 Å². The summed E-state index contributed by atoms with van der Waals surface area (Å²) in [4.78, 5) is 14.8. The first-order chi connectivity index (χ1) is 12.7. The van der Waals surface area contributed by atoms with Crippen LogP contribution in [0.15, 0.2) is 36.4 Å². The van der Waals surface area contributed by atoms with Crippen molar-refractivity contribution in [2.45, 2.75) is 26.3 Å². The Morgan fingerprint density at radius 3 is 2.54 bits per heavy atom. The van der Waals surface area contributed by atoms with Crippen LogP contribution in [0.1, 0.15) is 29.4 Å². The number of esters is 1. The molecule has 0 spiro atoms. The van der Waals surface area contributed by atoms with Gasteiger partial charge in [0.05, 0.1) is 25.9 Å². The van der Waals surface area contributed by atoms with Crippen LogP contribution in [-0.4, -0.2) is 55.4 Å². The highest BCUT2D eigenvalue weighted by molar-refractivity contribution is 5.92. The molecule has 1 aromatic heterocycles. The van der Waals surface area contributed by atoms with E-state index < -0.39 is 0 Å². The average Bonchev–Trinajstić information content (AvgIpc) is 3.06. The Hall–Kier alpha value is -2.11. The number of methoxy groups -OCH3 is 1. The third-order valence-corrected chi connectivity index (χ3v) is 4.91. The fourth-order valence-corrected chi connectivity index (χ4v) is 3.55. The Labute approximate surface area is 155 Å². The summed E-state index contributed by atoms with van der Waals surface area (Å²) in [5.74, 6) is -0.254. The summed E-state index contributed by atoms with van der Waals surface area (Å²) in [6, 6.07) is 12.3. The van der Waals surface area contributed by atoms with Gasteiger partial charge in [0, 0.05) is 37.6 Å². The molecule has 1 aliphatic rings. The number of nitrogens with zero attached hydrogens (tertiary/aromatic N) is 2. The molecule has 0 bridgehead atoms. The van der Waals surface area contributed by atoms with Gasteiger partial charge in [-0.2, -0.15) is 0 Å². The average molecular weight is 356 g/mol. The molecule has 0 radical (unpaired) electrons. The minimum absolute atomic E-state index is 0.254. The van der Waals surface area contributed by atoms with Gasteiger partial charge in [0.2, 0.25) is 0 Å². The van der Waals surface area contributed by atoms with E-state index in [1.54, 1.807) is 0 Å². The first-order valence-corrected chi connectivity index (χ1v) is 9.40. The van der Waals surface area contributed by atoms with Crippen LogP contribution in [0.25, 0.3) is 11.3 Å². The van der Waals surface area contributed by atoms with Gasteiger partial charge >= 0.3 is 5.97 Å². The third-order valence-electron chi connectivity index (χ3n) is 4.91. The molecule has 1 saturated heterocycles. The molecule has 0 N–H and O–H groups in total. The van der Waals surface area contributed by atoms with Crippen molar-refractivity contribution in [2.75, 3.05) is 40.0 Å². The Kier molecular flexibility index (Phi) is 6.47. The highest BCUT2D eigenvalue weighted by atomic mass is 16.5. The standard InChI is InChI=1S/C21H28N2O3/c1-3-7-19-18(21(24)25-2)16-20(17-8-5-4-6-9-17)23(19)11-10-22-12-14-26-15-13-22/h4-6,8-9,16H,3,7,10-15H2,1-2H3. The van der Waals surface area contributed by atoms with Crippen LogP contribution >= 0.6 is 0 Å². The topological polar surface area (TPSA) is 43.7 Å². The van der Waals surface area contributed by atoms with E-state index in [-0.39, 0.29) is 5.97 Å². The summed E-state index contributed by atoms with van der Waals surface area (Å²) in [5, 5.41) is 0. The van der Waals surface area contributed by atoms with E-state index in [9.17, 15) is 4.79 Å². The minimum atomic E-state index is -0.254. The molecule has 0 aliphatic carbocycles. The van der Waals surface area contributed by atoms with Crippen molar-refractivity contribution in [3.05, 3.63) is 47.7 Å². The molecule has 5 heteroatoms. The largest absolute Gasteiger partial charge is 0.465 e. The molecular formula is C21H28N2O3. The lowest BCUT2D eigenvalue weighted by molar-refractivity contribution is 0.0363. The van der Waals surface area contributed by atoms with Gasteiger partial charge in [-0.05, 0) is 18.1 Å². The Balaban J connectivity index is 1.96. The number of morpholine rings is 1. The number of ether oxygens (including phenoxy) is 2. The van der Waals surface area contributed by atoms with Gasteiger partial charge in [-0.25, -0.2) is 4.79 Å². The molecule has 140 valence electrons. The van der Waals surface area contributed by atoms with Crippen molar-refractivity contribution in [1.29, 1.82) is 0 Å². The fraction of sp³-hybridized carbons (Fsp3) is 0.476. The zero-order chi connectivity index (χ0) is 18.4. The summed E-state index contributed by atoms with van der Waals surface area (Å²) >= 11 is 0. The predicted octanol–water partition coefficient (Wildman–Crippen LogP) is 3.23. The van der Waals surface area contributed by atoms with Crippen molar-refractivity contribution in [3.8, 4) is 11.3 Å². The molecule has 0 saturated carbocycles. The maximum Gasteiger partial charge on any atom is 0.339 e. The predicted molar refractivity (Wildman–Crippen MR) is 102 cm³/mol. The Morgan fingerprint density at radius 2 is 1.88 bits per heavy atom. The number of carbonyl (C=O) groups is 1. The molecule has 1 aliphatic heterocycles. The molecular weight excluding hydrogens is 328 g/mol. The van der Waals surface area contributed by atoms with Crippen LogP contribution < -0.4 is 0 Å². The van der Waals surface area contributed by atoms with Crippen LogP contribution in [-0.2, 0) is 22.4 Å². The minimum Gasteiger partial charge on any atom is -0.465 e. The van der Waals surface area contributed by atoms with Gasteiger partial charge in [-0.1, -0.05) is 43.7 Å². The molecule has 1 aromatic carbocycles. The zero-order valence-corrected chi connectivity index (χ0v) is 15.7. The van der Waals surface area contributed by atoms with Crippen LogP contribution in [0, 0.1) is 0 Å². The van der Waals surface area contributed by atoms with E-state index in [0.29, 0.717) is 5.56 Å². The lowest BCUT2D eigenvalue weighted by Crippen LogP contribution is -2.38. The molecule has 26 heavy (non-hydrogen) atoms. The van der Waals surface area contributed by atoms with Crippen LogP contribution in [0.2, 0.25) is 0 Å². The number of aromatic nitrogens is 1. The quantitative estimate of drug-likeness (QED) is 0.715. The van der Waals surface area contributed by atoms with Crippen molar-refractivity contribution in [1.82, 2.24) is 9.47 Å². The Bertz CT molecular complexity index is 718. The van der Waals surface area contributed by atoms with E-state index in [0.717, 1.165) is 69.2 Å². The molecule has 2 aromatic rings. The van der Waals surface area contributed by atoms with E-state index in [2.05, 4.69) is 28.5 Å². The normalized spacial score (nSPS) is 15.2. The van der Waals surface area contributed by atoms with Crippen molar-refractivity contribution >= 4 is 5.97 Å². The number of carbonyl (C=O) groups excluding carboxylic acids is 1. The second-order valence-corrected chi connectivity index (χ2v) is 6.60. The molecule has 0 amide bonds. The molecule has 3 rings (SSSR count). The maximum absolute atomic E-state index is 12.3.